The molecule has 0 saturated carbocycles. The molecule has 78 valence electrons. The van der Waals surface area contributed by atoms with E-state index < -0.39 is 23.1 Å². The van der Waals surface area contributed by atoms with Gasteiger partial charge in [-0.1, -0.05) is 0 Å². The van der Waals surface area contributed by atoms with E-state index in [1.54, 1.807) is 0 Å². The fourth-order valence-electron chi connectivity index (χ4n) is 1.29. The Morgan fingerprint density at radius 2 is 2.13 bits per heavy atom. The minimum Gasteiger partial charge on any atom is -0.465 e. The van der Waals surface area contributed by atoms with Crippen LogP contribution in [0.25, 0.3) is 0 Å². The Labute approximate surface area is 84.1 Å². The van der Waals surface area contributed by atoms with Crippen molar-refractivity contribution in [3.8, 4) is 0 Å². The third-order valence-corrected chi connectivity index (χ3v) is 1.97. The number of carbonyl (C=O) groups is 3. The van der Waals surface area contributed by atoms with E-state index in [1.807, 2.05) is 0 Å². The second-order valence-electron chi connectivity index (χ2n) is 2.80. The van der Waals surface area contributed by atoms with Gasteiger partial charge in [-0.05, 0) is 0 Å². The summed E-state index contributed by atoms with van der Waals surface area (Å²) in [7, 11) is 1.11. The van der Waals surface area contributed by atoms with Crippen molar-refractivity contribution in [2.75, 3.05) is 13.9 Å². The molecular formula is C9H6O6. The molecule has 1 fully saturated rings. The molecule has 0 spiro atoms. The van der Waals surface area contributed by atoms with Crippen LogP contribution in [0.15, 0.2) is 23.2 Å². The van der Waals surface area contributed by atoms with Gasteiger partial charge in [-0.2, -0.15) is 0 Å². The molecule has 0 radical (unpaired) electrons. The van der Waals surface area contributed by atoms with Crippen LogP contribution in [0, 0.1) is 0 Å². The Balaban J connectivity index is 2.55. The van der Waals surface area contributed by atoms with E-state index >= 15 is 0 Å². The molecule has 2 rings (SSSR count). The zero-order valence-electron chi connectivity index (χ0n) is 7.73. The monoisotopic (exact) mass is 210 g/mol. The van der Waals surface area contributed by atoms with Crippen molar-refractivity contribution in [1.82, 2.24) is 0 Å². The van der Waals surface area contributed by atoms with Gasteiger partial charge >= 0.3 is 5.97 Å². The molecule has 2 aliphatic rings. The van der Waals surface area contributed by atoms with Gasteiger partial charge in [-0.3, -0.25) is 9.59 Å². The average Bonchev–Trinajstić information content (AvgIpc) is 2.66. The fourth-order valence-corrected chi connectivity index (χ4v) is 1.29. The van der Waals surface area contributed by atoms with Gasteiger partial charge in [0, 0.05) is 6.08 Å². The Hall–Kier alpha value is -2.11. The maximum Gasteiger partial charge on any atom is 0.345 e. The zero-order valence-corrected chi connectivity index (χ0v) is 7.73. The molecule has 0 aromatic carbocycles. The van der Waals surface area contributed by atoms with Gasteiger partial charge in [0.1, 0.15) is 0 Å². The summed E-state index contributed by atoms with van der Waals surface area (Å²) in [6, 6.07) is 0. The lowest BCUT2D eigenvalue weighted by atomic mass is 10.00. The largest absolute Gasteiger partial charge is 0.465 e. The van der Waals surface area contributed by atoms with Crippen molar-refractivity contribution < 1.29 is 28.6 Å². The Morgan fingerprint density at radius 3 is 2.80 bits per heavy atom. The number of fused-ring (bicyclic) bond motifs is 1. The van der Waals surface area contributed by atoms with Crippen LogP contribution in [0.4, 0.5) is 0 Å². The molecule has 0 N–H and O–H groups in total. The van der Waals surface area contributed by atoms with Crippen molar-refractivity contribution in [2.45, 2.75) is 0 Å². The van der Waals surface area contributed by atoms with E-state index in [0.29, 0.717) is 0 Å². The van der Waals surface area contributed by atoms with E-state index in [-0.39, 0.29) is 18.3 Å². The SMILES string of the molecule is COC(=O)C1=C2OCOC2=CC(=O)C1=O. The highest BCUT2D eigenvalue weighted by molar-refractivity contribution is 6.53. The van der Waals surface area contributed by atoms with Crippen LogP contribution >= 0.6 is 0 Å². The summed E-state index contributed by atoms with van der Waals surface area (Å²) < 4.78 is 14.2. The topological polar surface area (TPSA) is 78.9 Å². The highest BCUT2D eigenvalue weighted by Crippen LogP contribution is 2.29. The fraction of sp³-hybridized carbons (Fsp3) is 0.222. The molecule has 6 nitrogen and oxygen atoms in total. The molecule has 0 aromatic heterocycles. The lowest BCUT2D eigenvalue weighted by Gasteiger charge is -2.09. The van der Waals surface area contributed by atoms with Crippen LogP contribution in [0.3, 0.4) is 0 Å². The van der Waals surface area contributed by atoms with E-state index in [4.69, 9.17) is 9.47 Å². The summed E-state index contributed by atoms with van der Waals surface area (Å²) in [5, 5.41) is 0. The predicted octanol–water partition coefficient (Wildman–Crippen LogP) is -0.547. The summed E-state index contributed by atoms with van der Waals surface area (Å²) >= 11 is 0. The van der Waals surface area contributed by atoms with Crippen molar-refractivity contribution >= 4 is 17.5 Å². The molecule has 0 unspecified atom stereocenters. The smallest absolute Gasteiger partial charge is 0.345 e. The number of ether oxygens (including phenoxy) is 3. The van der Waals surface area contributed by atoms with Crippen LogP contribution in [0.5, 0.6) is 0 Å². The Bertz CT molecular complexity index is 428. The van der Waals surface area contributed by atoms with E-state index in [9.17, 15) is 14.4 Å². The van der Waals surface area contributed by atoms with E-state index in [2.05, 4.69) is 4.74 Å². The maximum atomic E-state index is 11.4. The van der Waals surface area contributed by atoms with Crippen LogP contribution in [-0.4, -0.2) is 31.4 Å². The summed E-state index contributed by atoms with van der Waals surface area (Å²) in [6.45, 7) is -0.123. The zero-order chi connectivity index (χ0) is 11.0. The summed E-state index contributed by atoms with van der Waals surface area (Å²) in [5.74, 6) is -2.59. The average molecular weight is 210 g/mol. The molecular weight excluding hydrogens is 204 g/mol. The molecule has 0 aromatic rings. The van der Waals surface area contributed by atoms with Gasteiger partial charge in [0.25, 0.3) is 0 Å². The van der Waals surface area contributed by atoms with E-state index in [0.717, 1.165) is 13.2 Å². The molecule has 0 bridgehead atoms. The van der Waals surface area contributed by atoms with Crippen molar-refractivity contribution in [1.29, 1.82) is 0 Å². The first-order valence-electron chi connectivity index (χ1n) is 4.04. The van der Waals surface area contributed by atoms with Gasteiger partial charge < -0.3 is 14.2 Å². The third kappa shape index (κ3) is 1.30. The highest BCUT2D eigenvalue weighted by Gasteiger charge is 2.38. The lowest BCUT2D eigenvalue weighted by Crippen LogP contribution is -2.26. The summed E-state index contributed by atoms with van der Waals surface area (Å²) in [4.78, 5) is 33.8. The van der Waals surface area contributed by atoms with Gasteiger partial charge in [-0.25, -0.2) is 4.79 Å². The summed E-state index contributed by atoms with van der Waals surface area (Å²) in [6.07, 6.45) is 0.997. The minimum atomic E-state index is -0.939. The van der Waals surface area contributed by atoms with Crippen molar-refractivity contribution in [3.63, 3.8) is 0 Å². The molecule has 6 heteroatoms. The van der Waals surface area contributed by atoms with Crippen LogP contribution in [0.1, 0.15) is 0 Å². The number of hydrogen-bond donors (Lipinski definition) is 0. The summed E-state index contributed by atoms with van der Waals surface area (Å²) in [5.41, 5.74) is -0.405. The molecule has 1 aliphatic carbocycles. The third-order valence-electron chi connectivity index (χ3n) is 1.97. The first kappa shape index (κ1) is 9.45. The Kier molecular flexibility index (Phi) is 2.03. The standard InChI is InChI=1S/C9H6O6/c1-13-9(12)6-7(11)4(10)2-5-8(6)15-3-14-5/h2H,3H2,1H3. The first-order valence-corrected chi connectivity index (χ1v) is 4.04. The molecule has 1 saturated heterocycles. The number of hydrogen-bond acceptors (Lipinski definition) is 6. The molecule has 1 aliphatic heterocycles. The Morgan fingerprint density at radius 1 is 1.40 bits per heavy atom. The molecule has 1 heterocycles. The van der Waals surface area contributed by atoms with Gasteiger partial charge in [0.15, 0.2) is 17.1 Å². The van der Waals surface area contributed by atoms with Crippen molar-refractivity contribution in [3.05, 3.63) is 23.2 Å². The predicted molar refractivity (Wildman–Crippen MR) is 44.2 cm³/mol. The van der Waals surface area contributed by atoms with Crippen LogP contribution in [-0.2, 0) is 28.6 Å². The van der Waals surface area contributed by atoms with Crippen molar-refractivity contribution in [2.24, 2.45) is 0 Å². The maximum absolute atomic E-state index is 11.4. The van der Waals surface area contributed by atoms with Gasteiger partial charge in [0.2, 0.25) is 18.4 Å². The second kappa shape index (κ2) is 3.23. The second-order valence-corrected chi connectivity index (χ2v) is 2.80. The number of ketones is 2. The molecule has 0 atom stereocenters. The van der Waals surface area contributed by atoms with Gasteiger partial charge in [0.05, 0.1) is 7.11 Å². The lowest BCUT2D eigenvalue weighted by molar-refractivity contribution is -0.140. The highest BCUT2D eigenvalue weighted by atomic mass is 16.7. The number of carbonyl (C=O) groups excluding carboxylic acids is 3. The number of esters is 1. The number of Topliss-reactive ketones (excluding diaryl/α,β-unsaturated/α-hetero) is 1. The van der Waals surface area contributed by atoms with E-state index in [1.165, 1.54) is 0 Å². The normalized spacial score (nSPS) is 19.1. The quantitative estimate of drug-likeness (QED) is 0.250. The van der Waals surface area contributed by atoms with Crippen LogP contribution < -0.4 is 0 Å². The molecule has 15 heavy (non-hydrogen) atoms. The van der Waals surface area contributed by atoms with Crippen LogP contribution in [0.2, 0.25) is 0 Å². The number of methoxy groups -OCH3 is 1. The number of allylic oxidation sites excluding steroid dienone is 1. The van der Waals surface area contributed by atoms with Gasteiger partial charge in [-0.15, -0.1) is 0 Å². The minimum absolute atomic E-state index is 0.0218. The molecule has 0 amide bonds. The number of rotatable bonds is 1. The first-order chi connectivity index (χ1) is 7.15.